The number of carboxylic acid groups (broad SMARTS) is 1. The van der Waals surface area contributed by atoms with E-state index in [2.05, 4.69) is 13.8 Å². The van der Waals surface area contributed by atoms with E-state index in [1.54, 1.807) is 7.11 Å². The van der Waals surface area contributed by atoms with E-state index in [0.717, 1.165) is 12.8 Å². The normalized spacial score (nSPS) is 11.2. The van der Waals surface area contributed by atoms with Crippen LogP contribution >= 0.6 is 0 Å². The van der Waals surface area contributed by atoms with Crippen LogP contribution in [-0.2, 0) is 9.53 Å². The topological polar surface area (TPSA) is 49.8 Å². The Hall–Kier alpha value is -0.610. The second kappa shape index (κ2) is 7.76. The Morgan fingerprint density at radius 2 is 2.00 bits per heavy atom. The van der Waals surface area contributed by atoms with E-state index >= 15 is 0 Å². The molecule has 0 aromatic rings. The molecule has 0 fully saturated rings. The summed E-state index contributed by atoms with van der Waals surface area (Å²) in [6.07, 6.45) is 1.96. The number of ether oxygens (including phenoxy) is 1. The zero-order valence-corrected chi connectivity index (χ0v) is 9.32. The smallest absolute Gasteiger partial charge is 0.317 e. The number of hydrogen-bond donors (Lipinski definition) is 1. The summed E-state index contributed by atoms with van der Waals surface area (Å²) < 4.78 is 4.96. The van der Waals surface area contributed by atoms with Gasteiger partial charge in [-0.15, -0.1) is 0 Å². The summed E-state index contributed by atoms with van der Waals surface area (Å²) in [6.45, 7) is 5.54. The van der Waals surface area contributed by atoms with Gasteiger partial charge >= 0.3 is 5.97 Å². The fourth-order valence-electron chi connectivity index (χ4n) is 1.58. The molecule has 0 aliphatic heterocycles. The number of nitrogens with zero attached hydrogens (tertiary/aromatic N) is 1. The van der Waals surface area contributed by atoms with Gasteiger partial charge in [0.25, 0.3) is 0 Å². The van der Waals surface area contributed by atoms with E-state index in [4.69, 9.17) is 9.84 Å². The summed E-state index contributed by atoms with van der Waals surface area (Å²) in [7, 11) is 1.63. The maximum Gasteiger partial charge on any atom is 0.317 e. The monoisotopic (exact) mass is 203 g/mol. The van der Waals surface area contributed by atoms with Gasteiger partial charge in [0, 0.05) is 19.7 Å². The lowest BCUT2D eigenvalue weighted by atomic mass is 10.1. The molecular formula is C10H21NO3. The molecule has 0 bridgehead atoms. The van der Waals surface area contributed by atoms with E-state index in [9.17, 15) is 4.79 Å². The van der Waals surface area contributed by atoms with Gasteiger partial charge < -0.3 is 9.84 Å². The molecule has 0 aliphatic rings. The van der Waals surface area contributed by atoms with E-state index in [1.807, 2.05) is 4.90 Å². The first-order valence-electron chi connectivity index (χ1n) is 5.10. The standard InChI is InChI=1S/C10H21NO3/c1-4-9(5-2)11(6-7-14-3)8-10(12)13/h9H,4-8H2,1-3H3,(H,12,13). The number of hydrogen-bond acceptors (Lipinski definition) is 3. The molecule has 4 heteroatoms. The molecule has 0 aliphatic carbocycles. The third-order valence-corrected chi connectivity index (χ3v) is 2.38. The van der Waals surface area contributed by atoms with Crippen molar-refractivity contribution in [1.29, 1.82) is 0 Å². The predicted octanol–water partition coefficient (Wildman–Crippen LogP) is 1.21. The molecule has 4 nitrogen and oxygen atoms in total. The average molecular weight is 203 g/mol. The van der Waals surface area contributed by atoms with Crippen molar-refractivity contribution in [3.05, 3.63) is 0 Å². The highest BCUT2D eigenvalue weighted by atomic mass is 16.5. The molecule has 14 heavy (non-hydrogen) atoms. The first-order chi connectivity index (χ1) is 6.65. The van der Waals surface area contributed by atoms with E-state index in [0.29, 0.717) is 19.2 Å². The SMILES string of the molecule is CCC(CC)N(CCOC)CC(=O)O. The first kappa shape index (κ1) is 13.4. The maximum absolute atomic E-state index is 10.6. The van der Waals surface area contributed by atoms with Gasteiger partial charge in [-0.05, 0) is 12.8 Å². The molecule has 0 atom stereocenters. The summed E-state index contributed by atoms with van der Waals surface area (Å²) in [5, 5.41) is 8.74. The third-order valence-electron chi connectivity index (χ3n) is 2.38. The maximum atomic E-state index is 10.6. The van der Waals surface area contributed by atoms with Crippen LogP contribution in [0.25, 0.3) is 0 Å². The van der Waals surface area contributed by atoms with E-state index < -0.39 is 5.97 Å². The average Bonchev–Trinajstić information content (AvgIpc) is 2.15. The molecule has 0 heterocycles. The Morgan fingerprint density at radius 1 is 1.43 bits per heavy atom. The minimum absolute atomic E-state index is 0.107. The fourth-order valence-corrected chi connectivity index (χ4v) is 1.58. The largest absolute Gasteiger partial charge is 0.480 e. The van der Waals surface area contributed by atoms with Gasteiger partial charge in [0.15, 0.2) is 0 Å². The zero-order valence-electron chi connectivity index (χ0n) is 9.32. The number of rotatable bonds is 8. The lowest BCUT2D eigenvalue weighted by molar-refractivity contribution is -0.139. The van der Waals surface area contributed by atoms with E-state index in [1.165, 1.54) is 0 Å². The third kappa shape index (κ3) is 5.19. The Kier molecular flexibility index (Phi) is 7.42. The van der Waals surface area contributed by atoms with Crippen LogP contribution in [-0.4, -0.2) is 48.8 Å². The van der Waals surface area contributed by atoms with Gasteiger partial charge in [0.05, 0.1) is 13.2 Å². The minimum Gasteiger partial charge on any atom is -0.480 e. The second-order valence-corrected chi connectivity index (χ2v) is 3.33. The van der Waals surface area contributed by atoms with Gasteiger partial charge in [0.1, 0.15) is 0 Å². The number of aliphatic carboxylic acids is 1. The first-order valence-corrected chi connectivity index (χ1v) is 5.10. The molecule has 0 rings (SSSR count). The van der Waals surface area contributed by atoms with Gasteiger partial charge in [0.2, 0.25) is 0 Å². The molecule has 0 saturated carbocycles. The van der Waals surface area contributed by atoms with Gasteiger partial charge in [-0.3, -0.25) is 9.69 Å². The van der Waals surface area contributed by atoms with Crippen molar-refractivity contribution in [2.45, 2.75) is 32.7 Å². The van der Waals surface area contributed by atoms with Crippen LogP contribution in [0.15, 0.2) is 0 Å². The van der Waals surface area contributed by atoms with Crippen molar-refractivity contribution in [3.8, 4) is 0 Å². The number of carbonyl (C=O) groups is 1. The molecule has 0 unspecified atom stereocenters. The molecule has 0 aromatic heterocycles. The summed E-state index contributed by atoms with van der Waals surface area (Å²) in [5.74, 6) is -0.770. The summed E-state index contributed by atoms with van der Waals surface area (Å²) in [6, 6.07) is 0.348. The van der Waals surface area contributed by atoms with Gasteiger partial charge in [-0.1, -0.05) is 13.8 Å². The van der Waals surface area contributed by atoms with Crippen molar-refractivity contribution in [3.63, 3.8) is 0 Å². The van der Waals surface area contributed by atoms with Crippen LogP contribution in [0, 0.1) is 0 Å². The van der Waals surface area contributed by atoms with Crippen LogP contribution in [0.1, 0.15) is 26.7 Å². The predicted molar refractivity (Wildman–Crippen MR) is 55.5 cm³/mol. The molecule has 84 valence electrons. The van der Waals surface area contributed by atoms with Crippen LogP contribution in [0.3, 0.4) is 0 Å². The van der Waals surface area contributed by atoms with Gasteiger partial charge in [-0.2, -0.15) is 0 Å². The number of carboxylic acids is 1. The molecule has 0 saturated heterocycles. The van der Waals surface area contributed by atoms with Gasteiger partial charge in [-0.25, -0.2) is 0 Å². The molecule has 1 N–H and O–H groups in total. The molecule has 0 spiro atoms. The fraction of sp³-hybridized carbons (Fsp3) is 0.900. The quantitative estimate of drug-likeness (QED) is 0.644. The van der Waals surface area contributed by atoms with Crippen LogP contribution in [0.5, 0.6) is 0 Å². The highest BCUT2D eigenvalue weighted by molar-refractivity contribution is 5.69. The van der Waals surface area contributed by atoms with Crippen molar-refractivity contribution >= 4 is 5.97 Å². The molecule has 0 amide bonds. The minimum atomic E-state index is -0.770. The molecule has 0 aromatic carbocycles. The highest BCUT2D eigenvalue weighted by Crippen LogP contribution is 2.07. The van der Waals surface area contributed by atoms with E-state index in [-0.39, 0.29) is 6.54 Å². The number of methoxy groups -OCH3 is 1. The summed E-state index contributed by atoms with van der Waals surface area (Å²) >= 11 is 0. The Balaban J connectivity index is 4.12. The van der Waals surface area contributed by atoms with Crippen molar-refractivity contribution < 1.29 is 14.6 Å². The summed E-state index contributed by atoms with van der Waals surface area (Å²) in [4.78, 5) is 12.6. The van der Waals surface area contributed by atoms with Crippen molar-refractivity contribution in [1.82, 2.24) is 4.90 Å². The van der Waals surface area contributed by atoms with Crippen LogP contribution in [0.4, 0.5) is 0 Å². The Labute approximate surface area is 85.9 Å². The van der Waals surface area contributed by atoms with Crippen molar-refractivity contribution in [2.75, 3.05) is 26.8 Å². The lowest BCUT2D eigenvalue weighted by Gasteiger charge is -2.28. The highest BCUT2D eigenvalue weighted by Gasteiger charge is 2.17. The van der Waals surface area contributed by atoms with Crippen LogP contribution in [0.2, 0.25) is 0 Å². The Bertz CT molecular complexity index is 157. The molecular weight excluding hydrogens is 182 g/mol. The zero-order chi connectivity index (χ0) is 11.0. The lowest BCUT2D eigenvalue weighted by Crippen LogP contribution is -2.40. The second-order valence-electron chi connectivity index (χ2n) is 3.33. The van der Waals surface area contributed by atoms with Crippen LogP contribution < -0.4 is 0 Å². The Morgan fingerprint density at radius 3 is 2.36 bits per heavy atom. The van der Waals surface area contributed by atoms with Crippen molar-refractivity contribution in [2.24, 2.45) is 0 Å². The summed E-state index contributed by atoms with van der Waals surface area (Å²) in [5.41, 5.74) is 0. The molecule has 0 radical (unpaired) electrons.